The molecular formula is C20H18N4O4S2. The molecule has 0 bridgehead atoms. The molecule has 0 aliphatic rings. The van der Waals surface area contributed by atoms with Crippen molar-refractivity contribution in [1.29, 1.82) is 0 Å². The summed E-state index contributed by atoms with van der Waals surface area (Å²) in [6, 6.07) is 12.6. The smallest absolute Gasteiger partial charge is 0.270 e. The number of nitro benzene ring substituents is 1. The maximum atomic E-state index is 12.3. The van der Waals surface area contributed by atoms with Gasteiger partial charge in [0.1, 0.15) is 0 Å². The monoisotopic (exact) mass is 442 g/mol. The van der Waals surface area contributed by atoms with Gasteiger partial charge in [0, 0.05) is 33.7 Å². The molecule has 10 heteroatoms. The first-order chi connectivity index (χ1) is 14.3. The molecule has 3 rings (SSSR count). The Morgan fingerprint density at radius 3 is 2.53 bits per heavy atom. The van der Waals surface area contributed by atoms with Crippen LogP contribution in [0.15, 0.2) is 58.8 Å². The highest BCUT2D eigenvalue weighted by molar-refractivity contribution is 8.00. The Morgan fingerprint density at radius 1 is 1.17 bits per heavy atom. The predicted octanol–water partition coefficient (Wildman–Crippen LogP) is 4.73. The van der Waals surface area contributed by atoms with Gasteiger partial charge in [0.05, 0.1) is 15.9 Å². The number of carbonyl (C=O) groups is 2. The van der Waals surface area contributed by atoms with E-state index in [0.717, 1.165) is 10.6 Å². The molecule has 0 aliphatic heterocycles. The maximum absolute atomic E-state index is 12.3. The van der Waals surface area contributed by atoms with E-state index in [4.69, 9.17) is 0 Å². The van der Waals surface area contributed by atoms with E-state index in [2.05, 4.69) is 15.6 Å². The number of nitrogens with zero attached hydrogens (tertiary/aromatic N) is 2. The molecule has 2 aromatic carbocycles. The van der Waals surface area contributed by atoms with Crippen LogP contribution in [0, 0.1) is 17.0 Å². The molecule has 8 nitrogen and oxygen atoms in total. The Kier molecular flexibility index (Phi) is 6.80. The minimum absolute atomic E-state index is 0.141. The van der Waals surface area contributed by atoms with Crippen molar-refractivity contribution in [3.05, 3.63) is 75.3 Å². The van der Waals surface area contributed by atoms with E-state index in [1.54, 1.807) is 31.2 Å². The van der Waals surface area contributed by atoms with Gasteiger partial charge in [-0.05, 0) is 44.2 Å². The highest BCUT2D eigenvalue weighted by atomic mass is 32.2. The number of aromatic nitrogens is 1. The lowest BCUT2D eigenvalue weighted by atomic mass is 10.2. The van der Waals surface area contributed by atoms with Crippen LogP contribution in [-0.2, 0) is 4.79 Å². The number of nitrogens with one attached hydrogen (secondary N) is 2. The number of aryl methyl sites for hydroxylation is 1. The average molecular weight is 443 g/mol. The van der Waals surface area contributed by atoms with Crippen LogP contribution in [0.25, 0.3) is 0 Å². The van der Waals surface area contributed by atoms with Gasteiger partial charge < -0.3 is 10.6 Å². The first kappa shape index (κ1) is 21.5. The molecule has 1 unspecified atom stereocenters. The fourth-order valence-corrected chi connectivity index (χ4v) is 4.02. The molecule has 0 saturated heterocycles. The second kappa shape index (κ2) is 9.51. The first-order valence-corrected chi connectivity index (χ1v) is 10.6. The highest BCUT2D eigenvalue weighted by Gasteiger charge is 2.16. The standard InChI is InChI=1S/C20H18N4O4S2/c1-12-11-29-20(21-12)23-18(25)13(2)30-17-8-6-15(7-9-17)22-19(26)14-4-3-5-16(10-14)24(27)28/h3-11,13H,1-2H3,(H,22,26)(H,21,23,25). The molecule has 1 atom stereocenters. The second-order valence-corrected chi connectivity index (χ2v) is 8.60. The van der Waals surface area contributed by atoms with Gasteiger partial charge in [-0.15, -0.1) is 23.1 Å². The van der Waals surface area contributed by atoms with E-state index in [1.165, 1.54) is 47.4 Å². The number of amides is 2. The van der Waals surface area contributed by atoms with Gasteiger partial charge in [0.15, 0.2) is 5.13 Å². The third kappa shape index (κ3) is 5.65. The van der Waals surface area contributed by atoms with E-state index < -0.39 is 10.8 Å². The SMILES string of the molecule is Cc1csc(NC(=O)C(C)Sc2ccc(NC(=O)c3cccc([N+](=O)[O-])c3)cc2)n1. The van der Waals surface area contributed by atoms with Crippen LogP contribution in [-0.4, -0.2) is 27.0 Å². The second-order valence-electron chi connectivity index (χ2n) is 6.33. The lowest BCUT2D eigenvalue weighted by molar-refractivity contribution is -0.384. The van der Waals surface area contributed by atoms with Crippen molar-refractivity contribution in [3.8, 4) is 0 Å². The van der Waals surface area contributed by atoms with E-state index >= 15 is 0 Å². The van der Waals surface area contributed by atoms with Gasteiger partial charge >= 0.3 is 0 Å². The van der Waals surface area contributed by atoms with Crippen LogP contribution in [0.4, 0.5) is 16.5 Å². The summed E-state index contributed by atoms with van der Waals surface area (Å²) in [6.07, 6.45) is 0. The Balaban J connectivity index is 1.58. The molecular weight excluding hydrogens is 424 g/mol. The van der Waals surface area contributed by atoms with E-state index in [1.807, 2.05) is 12.3 Å². The van der Waals surface area contributed by atoms with Crippen molar-refractivity contribution in [3.63, 3.8) is 0 Å². The number of hydrogen-bond acceptors (Lipinski definition) is 7. The predicted molar refractivity (Wildman–Crippen MR) is 118 cm³/mol. The molecule has 0 saturated carbocycles. The van der Waals surface area contributed by atoms with E-state index in [-0.39, 0.29) is 22.4 Å². The lowest BCUT2D eigenvalue weighted by Gasteiger charge is -2.11. The van der Waals surface area contributed by atoms with Gasteiger partial charge in [0.2, 0.25) is 5.91 Å². The van der Waals surface area contributed by atoms with E-state index in [9.17, 15) is 19.7 Å². The third-order valence-corrected chi connectivity index (χ3v) is 5.95. The summed E-state index contributed by atoms with van der Waals surface area (Å²) in [7, 11) is 0. The van der Waals surface area contributed by atoms with Crippen molar-refractivity contribution in [2.24, 2.45) is 0 Å². The van der Waals surface area contributed by atoms with Crippen molar-refractivity contribution in [2.75, 3.05) is 10.6 Å². The molecule has 3 aromatic rings. The zero-order chi connectivity index (χ0) is 21.7. The number of hydrogen-bond donors (Lipinski definition) is 2. The summed E-state index contributed by atoms with van der Waals surface area (Å²) in [5.74, 6) is -0.581. The minimum atomic E-state index is -0.546. The topological polar surface area (TPSA) is 114 Å². The van der Waals surface area contributed by atoms with Crippen LogP contribution < -0.4 is 10.6 Å². The van der Waals surface area contributed by atoms with Gasteiger partial charge in [0.25, 0.3) is 11.6 Å². The Morgan fingerprint density at radius 2 is 1.90 bits per heavy atom. The fourth-order valence-electron chi connectivity index (χ4n) is 2.46. The summed E-state index contributed by atoms with van der Waals surface area (Å²) in [4.78, 5) is 40.0. The molecule has 0 fully saturated rings. The number of anilines is 2. The van der Waals surface area contributed by atoms with Crippen LogP contribution in [0.5, 0.6) is 0 Å². The van der Waals surface area contributed by atoms with Crippen molar-refractivity contribution >= 4 is 51.4 Å². The van der Waals surface area contributed by atoms with E-state index in [0.29, 0.717) is 10.8 Å². The molecule has 0 aliphatic carbocycles. The Hall–Kier alpha value is -3.24. The molecule has 0 spiro atoms. The molecule has 30 heavy (non-hydrogen) atoms. The Labute approximate surface area is 180 Å². The zero-order valence-corrected chi connectivity index (χ0v) is 17.8. The normalized spacial score (nSPS) is 11.5. The van der Waals surface area contributed by atoms with Gasteiger partial charge in [-0.1, -0.05) is 6.07 Å². The van der Waals surface area contributed by atoms with Gasteiger partial charge in [-0.25, -0.2) is 4.98 Å². The van der Waals surface area contributed by atoms with Gasteiger partial charge in [-0.2, -0.15) is 0 Å². The summed E-state index contributed by atoms with van der Waals surface area (Å²) in [6.45, 7) is 3.67. The summed E-state index contributed by atoms with van der Waals surface area (Å²) < 4.78 is 0. The number of non-ortho nitro benzene ring substituents is 1. The minimum Gasteiger partial charge on any atom is -0.322 e. The highest BCUT2D eigenvalue weighted by Crippen LogP contribution is 2.26. The molecule has 1 aromatic heterocycles. The molecule has 1 heterocycles. The number of thiazole rings is 1. The lowest BCUT2D eigenvalue weighted by Crippen LogP contribution is -2.22. The number of thioether (sulfide) groups is 1. The molecule has 0 radical (unpaired) electrons. The quantitative estimate of drug-likeness (QED) is 0.311. The van der Waals surface area contributed by atoms with Crippen LogP contribution in [0.3, 0.4) is 0 Å². The van der Waals surface area contributed by atoms with Crippen molar-refractivity contribution in [2.45, 2.75) is 24.0 Å². The largest absolute Gasteiger partial charge is 0.322 e. The number of benzene rings is 2. The number of nitro groups is 1. The summed E-state index contributed by atoms with van der Waals surface area (Å²) in [5.41, 5.74) is 1.46. The average Bonchev–Trinajstić information content (AvgIpc) is 3.14. The summed E-state index contributed by atoms with van der Waals surface area (Å²) >= 11 is 2.76. The molecule has 2 N–H and O–H groups in total. The summed E-state index contributed by atoms with van der Waals surface area (Å²) in [5, 5.41) is 18.5. The van der Waals surface area contributed by atoms with Crippen molar-refractivity contribution < 1.29 is 14.5 Å². The van der Waals surface area contributed by atoms with Crippen molar-refractivity contribution in [1.82, 2.24) is 4.98 Å². The number of rotatable bonds is 7. The number of carbonyl (C=O) groups excluding carboxylic acids is 2. The first-order valence-electron chi connectivity index (χ1n) is 8.87. The molecule has 154 valence electrons. The van der Waals surface area contributed by atoms with Crippen LogP contribution in [0.1, 0.15) is 23.0 Å². The Bertz CT molecular complexity index is 1080. The maximum Gasteiger partial charge on any atom is 0.270 e. The molecule has 2 amide bonds. The van der Waals surface area contributed by atoms with Crippen LogP contribution in [0.2, 0.25) is 0 Å². The zero-order valence-electron chi connectivity index (χ0n) is 16.1. The van der Waals surface area contributed by atoms with Crippen LogP contribution >= 0.6 is 23.1 Å². The van der Waals surface area contributed by atoms with Gasteiger partial charge in [-0.3, -0.25) is 19.7 Å². The fraction of sp³-hybridized carbons (Fsp3) is 0.150. The third-order valence-electron chi connectivity index (χ3n) is 3.96.